The molecule has 0 aliphatic carbocycles. The summed E-state index contributed by atoms with van der Waals surface area (Å²) in [6.07, 6.45) is 3.12. The van der Waals surface area contributed by atoms with E-state index < -0.39 is 0 Å². The molecular formula is C17H24Cl2N2O2S. The van der Waals surface area contributed by atoms with Gasteiger partial charge in [0.05, 0.1) is 11.5 Å². The Morgan fingerprint density at radius 1 is 1.29 bits per heavy atom. The molecule has 0 aromatic heterocycles. The predicted molar refractivity (Wildman–Crippen MR) is 103 cm³/mol. The minimum absolute atomic E-state index is 0. The quantitative estimate of drug-likeness (QED) is 0.755. The molecule has 0 radical (unpaired) electrons. The van der Waals surface area contributed by atoms with Gasteiger partial charge in [0.2, 0.25) is 5.91 Å². The number of hydrogen-bond donors (Lipinski definition) is 1. The van der Waals surface area contributed by atoms with E-state index in [-0.39, 0.29) is 36.2 Å². The number of carbonyl (C=O) groups excluding carboxylic acids is 2. The number of piperidine rings is 1. The van der Waals surface area contributed by atoms with Crippen LogP contribution in [-0.4, -0.2) is 46.7 Å². The summed E-state index contributed by atoms with van der Waals surface area (Å²) in [5.41, 5.74) is 6.62. The molecule has 4 nitrogen and oxygen atoms in total. The SMILES string of the molecule is CC(N)C1CCCCN1C(=O)CSCC(=O)c1ccc(Cl)cc1.Cl. The molecular weight excluding hydrogens is 367 g/mol. The van der Waals surface area contributed by atoms with Gasteiger partial charge in [0.25, 0.3) is 0 Å². The van der Waals surface area contributed by atoms with E-state index in [1.54, 1.807) is 24.3 Å². The van der Waals surface area contributed by atoms with Gasteiger partial charge in [-0.2, -0.15) is 0 Å². The highest BCUT2D eigenvalue weighted by Gasteiger charge is 2.28. The van der Waals surface area contributed by atoms with Crippen molar-refractivity contribution in [2.75, 3.05) is 18.1 Å². The molecule has 2 unspecified atom stereocenters. The summed E-state index contributed by atoms with van der Waals surface area (Å²) in [4.78, 5) is 26.4. The monoisotopic (exact) mass is 390 g/mol. The van der Waals surface area contributed by atoms with Gasteiger partial charge < -0.3 is 10.6 Å². The van der Waals surface area contributed by atoms with Gasteiger partial charge >= 0.3 is 0 Å². The van der Waals surface area contributed by atoms with Crippen LogP contribution >= 0.6 is 35.8 Å². The lowest BCUT2D eigenvalue weighted by atomic mass is 9.97. The van der Waals surface area contributed by atoms with Crippen LogP contribution in [0.2, 0.25) is 5.02 Å². The first kappa shape index (κ1) is 21.3. The Morgan fingerprint density at radius 3 is 2.58 bits per heavy atom. The smallest absolute Gasteiger partial charge is 0.232 e. The fourth-order valence-electron chi connectivity index (χ4n) is 2.85. The van der Waals surface area contributed by atoms with Gasteiger partial charge in [-0.15, -0.1) is 24.2 Å². The summed E-state index contributed by atoms with van der Waals surface area (Å²) in [6, 6.07) is 6.94. The summed E-state index contributed by atoms with van der Waals surface area (Å²) in [7, 11) is 0. The summed E-state index contributed by atoms with van der Waals surface area (Å²) in [6.45, 7) is 2.73. The first-order valence-electron chi connectivity index (χ1n) is 7.90. The molecule has 1 fully saturated rings. The maximum Gasteiger partial charge on any atom is 0.232 e. The summed E-state index contributed by atoms with van der Waals surface area (Å²) in [5.74, 6) is 0.717. The van der Waals surface area contributed by atoms with Crippen molar-refractivity contribution in [1.29, 1.82) is 0 Å². The number of nitrogens with two attached hydrogens (primary N) is 1. The number of hydrogen-bond acceptors (Lipinski definition) is 4. The lowest BCUT2D eigenvalue weighted by molar-refractivity contribution is -0.132. The Morgan fingerprint density at radius 2 is 1.96 bits per heavy atom. The van der Waals surface area contributed by atoms with Gasteiger partial charge in [-0.1, -0.05) is 11.6 Å². The van der Waals surface area contributed by atoms with Crippen LogP contribution < -0.4 is 5.73 Å². The van der Waals surface area contributed by atoms with Crippen LogP contribution in [0.1, 0.15) is 36.5 Å². The van der Waals surface area contributed by atoms with E-state index >= 15 is 0 Å². The third-order valence-electron chi connectivity index (χ3n) is 4.10. The number of carbonyl (C=O) groups is 2. The van der Waals surface area contributed by atoms with E-state index in [2.05, 4.69) is 0 Å². The zero-order valence-corrected chi connectivity index (χ0v) is 16.1. The average Bonchev–Trinajstić information content (AvgIpc) is 2.55. The lowest BCUT2D eigenvalue weighted by Gasteiger charge is -2.38. The third-order valence-corrected chi connectivity index (χ3v) is 5.27. The number of amides is 1. The van der Waals surface area contributed by atoms with Crippen molar-refractivity contribution in [2.24, 2.45) is 5.73 Å². The van der Waals surface area contributed by atoms with Crippen LogP contribution in [0.3, 0.4) is 0 Å². The molecule has 1 aromatic rings. The van der Waals surface area contributed by atoms with Crippen molar-refractivity contribution in [3.63, 3.8) is 0 Å². The average molecular weight is 391 g/mol. The van der Waals surface area contributed by atoms with E-state index in [9.17, 15) is 9.59 Å². The highest BCUT2D eigenvalue weighted by molar-refractivity contribution is 8.00. The first-order valence-corrected chi connectivity index (χ1v) is 9.44. The van der Waals surface area contributed by atoms with Crippen LogP contribution in [0.25, 0.3) is 0 Å². The molecule has 1 aromatic carbocycles. The number of Topliss-reactive ketones (excluding diaryl/α,β-unsaturated/α-hetero) is 1. The van der Waals surface area contributed by atoms with Crippen LogP contribution in [0.15, 0.2) is 24.3 Å². The van der Waals surface area contributed by atoms with Gasteiger partial charge in [-0.05, 0) is 50.5 Å². The normalized spacial score (nSPS) is 18.6. The zero-order valence-electron chi connectivity index (χ0n) is 13.7. The van der Waals surface area contributed by atoms with E-state index in [1.807, 2.05) is 11.8 Å². The van der Waals surface area contributed by atoms with Crippen molar-refractivity contribution < 1.29 is 9.59 Å². The fourth-order valence-corrected chi connectivity index (χ4v) is 3.77. The highest BCUT2D eigenvalue weighted by Crippen LogP contribution is 2.20. The molecule has 0 saturated carbocycles. The molecule has 1 aliphatic heterocycles. The number of rotatable bonds is 6. The van der Waals surface area contributed by atoms with Gasteiger partial charge in [0.1, 0.15) is 0 Å². The van der Waals surface area contributed by atoms with Crippen molar-refractivity contribution in [3.05, 3.63) is 34.9 Å². The maximum atomic E-state index is 12.4. The number of halogens is 2. The molecule has 134 valence electrons. The fraction of sp³-hybridized carbons (Fsp3) is 0.529. The van der Waals surface area contributed by atoms with E-state index in [4.69, 9.17) is 17.3 Å². The minimum Gasteiger partial charge on any atom is -0.337 e. The Labute approximate surface area is 158 Å². The Balaban J connectivity index is 0.00000288. The van der Waals surface area contributed by atoms with Crippen LogP contribution in [0, 0.1) is 0 Å². The van der Waals surface area contributed by atoms with Crippen molar-refractivity contribution >= 4 is 47.5 Å². The molecule has 1 aliphatic rings. The molecule has 2 N–H and O–H groups in total. The molecule has 2 atom stereocenters. The predicted octanol–water partition coefficient (Wildman–Crippen LogP) is 3.41. The Bertz CT molecular complexity index is 552. The molecule has 1 amide bonds. The molecule has 7 heteroatoms. The number of benzene rings is 1. The Kier molecular flexibility index (Phi) is 9.13. The number of thioether (sulfide) groups is 1. The van der Waals surface area contributed by atoms with Crippen molar-refractivity contribution in [1.82, 2.24) is 4.90 Å². The standard InChI is InChI=1S/C17H23ClN2O2S.ClH/c1-12(19)15-4-2-3-9-20(15)17(22)11-23-10-16(21)13-5-7-14(18)8-6-13;/h5-8,12,15H,2-4,9-11,19H2,1H3;1H. The second-order valence-corrected chi connectivity index (χ2v) is 7.35. The number of ketones is 1. The maximum absolute atomic E-state index is 12.4. The molecule has 0 bridgehead atoms. The largest absolute Gasteiger partial charge is 0.337 e. The topological polar surface area (TPSA) is 63.4 Å². The molecule has 1 saturated heterocycles. The van der Waals surface area contributed by atoms with Crippen molar-refractivity contribution in [2.45, 2.75) is 38.3 Å². The lowest BCUT2D eigenvalue weighted by Crippen LogP contribution is -2.52. The first-order chi connectivity index (χ1) is 11.0. The van der Waals surface area contributed by atoms with Crippen LogP contribution in [0.4, 0.5) is 0 Å². The van der Waals surface area contributed by atoms with E-state index in [0.717, 1.165) is 25.8 Å². The summed E-state index contributed by atoms with van der Waals surface area (Å²) in [5, 5.41) is 0.608. The highest BCUT2D eigenvalue weighted by atomic mass is 35.5. The zero-order chi connectivity index (χ0) is 16.8. The van der Waals surface area contributed by atoms with E-state index in [1.165, 1.54) is 11.8 Å². The molecule has 0 spiro atoms. The second-order valence-electron chi connectivity index (χ2n) is 5.93. The van der Waals surface area contributed by atoms with Crippen molar-refractivity contribution in [3.8, 4) is 0 Å². The molecule has 2 rings (SSSR count). The van der Waals surface area contributed by atoms with Gasteiger partial charge in [-0.25, -0.2) is 0 Å². The van der Waals surface area contributed by atoms with Crippen LogP contribution in [-0.2, 0) is 4.79 Å². The number of nitrogens with zero attached hydrogens (tertiary/aromatic N) is 1. The second kappa shape index (κ2) is 10.3. The summed E-state index contributed by atoms with van der Waals surface area (Å²) >= 11 is 7.17. The van der Waals surface area contributed by atoms with E-state index in [0.29, 0.717) is 22.1 Å². The van der Waals surface area contributed by atoms with Crippen LogP contribution in [0.5, 0.6) is 0 Å². The minimum atomic E-state index is -0.0139. The molecule has 24 heavy (non-hydrogen) atoms. The molecule has 1 heterocycles. The van der Waals surface area contributed by atoms with Gasteiger partial charge in [0, 0.05) is 29.2 Å². The number of likely N-dealkylation sites (tertiary alicyclic amines) is 1. The van der Waals surface area contributed by atoms with Gasteiger partial charge in [-0.3, -0.25) is 9.59 Å². The Hall–Kier alpha value is -0.750. The summed E-state index contributed by atoms with van der Waals surface area (Å²) < 4.78 is 0. The van der Waals surface area contributed by atoms with Gasteiger partial charge in [0.15, 0.2) is 5.78 Å². The third kappa shape index (κ3) is 5.96.